The fourth-order valence-corrected chi connectivity index (χ4v) is 5.29. The minimum atomic E-state index is -3.51. The molecule has 6 nitrogen and oxygen atoms in total. The van der Waals surface area contributed by atoms with Gasteiger partial charge in [-0.3, -0.25) is 0 Å². The first-order chi connectivity index (χ1) is 13.5. The topological polar surface area (TPSA) is 68.1 Å². The smallest absolute Gasteiger partial charge is 0.243 e. The lowest BCUT2D eigenvalue weighted by Crippen LogP contribution is -2.30. The molecule has 8 heteroatoms. The van der Waals surface area contributed by atoms with Crippen molar-refractivity contribution in [1.82, 2.24) is 19.1 Å². The third-order valence-corrected chi connectivity index (χ3v) is 7.62. The van der Waals surface area contributed by atoms with Crippen molar-refractivity contribution in [2.24, 2.45) is 7.05 Å². The molecule has 1 heterocycles. The number of nitrogens with zero attached hydrogens (tertiary/aromatic N) is 4. The van der Waals surface area contributed by atoms with Crippen LogP contribution in [0, 0.1) is 0 Å². The van der Waals surface area contributed by atoms with E-state index in [1.54, 1.807) is 30.0 Å². The van der Waals surface area contributed by atoms with Crippen LogP contribution in [0.15, 0.2) is 64.6 Å². The van der Waals surface area contributed by atoms with Crippen molar-refractivity contribution in [2.75, 3.05) is 13.1 Å². The number of hydrogen-bond donors (Lipinski definition) is 0. The highest BCUT2D eigenvalue weighted by molar-refractivity contribution is 7.98. The van der Waals surface area contributed by atoms with Gasteiger partial charge in [-0.2, -0.15) is 4.31 Å². The van der Waals surface area contributed by atoms with E-state index in [1.165, 1.54) is 9.87 Å². The van der Waals surface area contributed by atoms with E-state index < -0.39 is 10.0 Å². The summed E-state index contributed by atoms with van der Waals surface area (Å²) in [6.45, 7) is 4.55. The summed E-state index contributed by atoms with van der Waals surface area (Å²) in [7, 11) is -1.62. The Labute approximate surface area is 170 Å². The molecule has 0 aliphatic rings. The van der Waals surface area contributed by atoms with Crippen molar-refractivity contribution in [3.05, 3.63) is 60.2 Å². The maximum Gasteiger partial charge on any atom is 0.243 e. The highest BCUT2D eigenvalue weighted by atomic mass is 32.2. The summed E-state index contributed by atoms with van der Waals surface area (Å²) in [5.41, 5.74) is 1.94. The number of rotatable bonds is 8. The monoisotopic (exact) mass is 416 g/mol. The van der Waals surface area contributed by atoms with Gasteiger partial charge < -0.3 is 4.57 Å². The highest BCUT2D eigenvalue weighted by Crippen LogP contribution is 2.27. The fraction of sp³-hybridized carbons (Fsp3) is 0.300. The van der Waals surface area contributed by atoms with Gasteiger partial charge in [-0.1, -0.05) is 68.1 Å². The number of sulfonamides is 1. The number of hydrogen-bond acceptors (Lipinski definition) is 5. The SMILES string of the molecule is CCN(CC)S(=O)(=O)c1cccc(-c2nnc(SCc3ccccc3)n2C)c1. The molecule has 28 heavy (non-hydrogen) atoms. The molecule has 0 saturated carbocycles. The van der Waals surface area contributed by atoms with Gasteiger partial charge in [0.05, 0.1) is 4.90 Å². The van der Waals surface area contributed by atoms with Crippen LogP contribution in [0.5, 0.6) is 0 Å². The first-order valence-corrected chi connectivity index (χ1v) is 11.6. The lowest BCUT2D eigenvalue weighted by molar-refractivity contribution is 0.445. The quantitative estimate of drug-likeness (QED) is 0.523. The average molecular weight is 417 g/mol. The second-order valence-corrected chi connectivity index (χ2v) is 9.14. The van der Waals surface area contributed by atoms with E-state index in [0.717, 1.165) is 16.5 Å². The maximum atomic E-state index is 12.8. The summed E-state index contributed by atoms with van der Waals surface area (Å²) < 4.78 is 29.0. The van der Waals surface area contributed by atoms with E-state index >= 15 is 0 Å². The van der Waals surface area contributed by atoms with Gasteiger partial charge in [0, 0.05) is 31.5 Å². The molecule has 3 rings (SSSR count). The van der Waals surface area contributed by atoms with Crippen LogP contribution in [-0.2, 0) is 22.8 Å². The minimum Gasteiger partial charge on any atom is -0.305 e. The average Bonchev–Trinajstić information content (AvgIpc) is 3.08. The Balaban J connectivity index is 1.86. The fourth-order valence-electron chi connectivity index (χ4n) is 2.92. The molecule has 2 aromatic carbocycles. The lowest BCUT2D eigenvalue weighted by Gasteiger charge is -2.18. The van der Waals surface area contributed by atoms with Crippen LogP contribution >= 0.6 is 11.8 Å². The number of thioether (sulfide) groups is 1. The summed E-state index contributed by atoms with van der Waals surface area (Å²) in [5, 5.41) is 9.36. The van der Waals surface area contributed by atoms with Gasteiger partial charge >= 0.3 is 0 Å². The summed E-state index contributed by atoms with van der Waals surface area (Å²) in [4.78, 5) is 0.273. The molecule has 0 unspecified atom stereocenters. The zero-order valence-electron chi connectivity index (χ0n) is 16.2. The number of benzene rings is 2. The Hall–Kier alpha value is -2.16. The Bertz CT molecular complexity index is 1030. The molecule has 0 bridgehead atoms. The van der Waals surface area contributed by atoms with Crippen LogP contribution < -0.4 is 0 Å². The Morgan fingerprint density at radius 3 is 2.39 bits per heavy atom. The van der Waals surface area contributed by atoms with Crippen LogP contribution in [-0.4, -0.2) is 40.6 Å². The molecule has 1 aromatic heterocycles. The van der Waals surface area contributed by atoms with Crippen molar-refractivity contribution in [3.8, 4) is 11.4 Å². The molecule has 0 amide bonds. The van der Waals surface area contributed by atoms with Crippen LogP contribution in [0.1, 0.15) is 19.4 Å². The highest BCUT2D eigenvalue weighted by Gasteiger charge is 2.22. The van der Waals surface area contributed by atoms with Gasteiger partial charge in [-0.15, -0.1) is 10.2 Å². The molecule has 0 fully saturated rings. The second-order valence-electron chi connectivity index (χ2n) is 6.26. The van der Waals surface area contributed by atoms with E-state index in [-0.39, 0.29) is 4.90 Å². The third-order valence-electron chi connectivity index (χ3n) is 4.48. The van der Waals surface area contributed by atoms with Crippen LogP contribution in [0.3, 0.4) is 0 Å². The molecule has 0 aliphatic carbocycles. The maximum absolute atomic E-state index is 12.8. The number of aromatic nitrogens is 3. The second kappa shape index (κ2) is 8.89. The molecule has 3 aromatic rings. The molecule has 0 atom stereocenters. The predicted octanol–water partition coefficient (Wildman–Crippen LogP) is 3.80. The van der Waals surface area contributed by atoms with Crippen LogP contribution in [0.2, 0.25) is 0 Å². The Morgan fingerprint density at radius 2 is 1.71 bits per heavy atom. The largest absolute Gasteiger partial charge is 0.305 e. The third kappa shape index (κ3) is 4.29. The van der Waals surface area contributed by atoms with E-state index in [0.29, 0.717) is 18.9 Å². The molecular weight excluding hydrogens is 392 g/mol. The van der Waals surface area contributed by atoms with Crippen molar-refractivity contribution in [3.63, 3.8) is 0 Å². The van der Waals surface area contributed by atoms with Crippen molar-refractivity contribution >= 4 is 21.8 Å². The molecule has 0 aliphatic heterocycles. The molecule has 0 spiro atoms. The summed E-state index contributed by atoms with van der Waals surface area (Å²) in [6, 6.07) is 17.1. The molecular formula is C20H24N4O2S2. The lowest BCUT2D eigenvalue weighted by atomic mass is 10.2. The van der Waals surface area contributed by atoms with E-state index in [1.807, 2.05) is 49.7 Å². The Kier molecular flexibility index (Phi) is 6.53. The van der Waals surface area contributed by atoms with Crippen molar-refractivity contribution in [1.29, 1.82) is 0 Å². The van der Waals surface area contributed by atoms with Crippen molar-refractivity contribution in [2.45, 2.75) is 29.7 Å². The van der Waals surface area contributed by atoms with Gasteiger partial charge in [0.1, 0.15) is 0 Å². The van der Waals surface area contributed by atoms with Crippen LogP contribution in [0.4, 0.5) is 0 Å². The van der Waals surface area contributed by atoms with E-state index in [4.69, 9.17) is 0 Å². The minimum absolute atomic E-state index is 0.273. The molecule has 0 radical (unpaired) electrons. The summed E-state index contributed by atoms with van der Waals surface area (Å²) >= 11 is 1.60. The van der Waals surface area contributed by atoms with Gasteiger partial charge in [0.25, 0.3) is 0 Å². The van der Waals surface area contributed by atoms with Crippen LogP contribution in [0.25, 0.3) is 11.4 Å². The first-order valence-electron chi connectivity index (χ1n) is 9.14. The normalized spacial score (nSPS) is 11.9. The van der Waals surface area contributed by atoms with Gasteiger partial charge in [0.15, 0.2) is 11.0 Å². The summed E-state index contributed by atoms with van der Waals surface area (Å²) in [5.74, 6) is 1.44. The molecule has 0 N–H and O–H groups in total. The van der Waals surface area contributed by atoms with Gasteiger partial charge in [-0.25, -0.2) is 8.42 Å². The van der Waals surface area contributed by atoms with E-state index in [9.17, 15) is 8.42 Å². The standard InChI is InChI=1S/C20H24N4O2S2/c1-4-24(5-2)28(25,26)18-13-9-12-17(14-18)19-21-22-20(23(19)3)27-15-16-10-7-6-8-11-16/h6-14H,4-5,15H2,1-3H3. The van der Waals surface area contributed by atoms with Crippen molar-refractivity contribution < 1.29 is 8.42 Å². The van der Waals surface area contributed by atoms with Gasteiger partial charge in [-0.05, 0) is 17.7 Å². The van der Waals surface area contributed by atoms with E-state index in [2.05, 4.69) is 22.3 Å². The Morgan fingerprint density at radius 1 is 1.00 bits per heavy atom. The predicted molar refractivity (Wildman–Crippen MR) is 113 cm³/mol. The summed E-state index contributed by atoms with van der Waals surface area (Å²) in [6.07, 6.45) is 0. The first kappa shape index (κ1) is 20.6. The molecule has 148 valence electrons. The zero-order valence-corrected chi connectivity index (χ0v) is 17.9. The zero-order chi connectivity index (χ0) is 20.1. The van der Waals surface area contributed by atoms with Gasteiger partial charge in [0.2, 0.25) is 10.0 Å². The molecule has 0 saturated heterocycles.